The van der Waals surface area contributed by atoms with Gasteiger partial charge in [0.05, 0.1) is 0 Å². The van der Waals surface area contributed by atoms with Gasteiger partial charge in [0.2, 0.25) is 0 Å². The number of ether oxygens (including phenoxy) is 1. The van der Waals surface area contributed by atoms with E-state index in [-0.39, 0.29) is 0 Å². The standard InChI is InChI=1S/C4H5FO4.BH3O3/c5-1-2-9-4(8)3(6)7;2-1(3)4/h1-2H2,(H,6,7);2-4H. The molecule has 76 valence electrons. The van der Waals surface area contributed by atoms with E-state index in [2.05, 4.69) is 4.74 Å². The predicted octanol–water partition coefficient (Wildman–Crippen LogP) is -2.47. The number of hydrogen-bond donors (Lipinski definition) is 4. The first-order valence-electron chi connectivity index (χ1n) is 2.92. The van der Waals surface area contributed by atoms with Gasteiger partial charge in [-0.1, -0.05) is 0 Å². The summed E-state index contributed by atoms with van der Waals surface area (Å²) in [5, 5.41) is 29.3. The van der Waals surface area contributed by atoms with Crippen LogP contribution in [-0.2, 0) is 14.3 Å². The lowest BCUT2D eigenvalue weighted by Crippen LogP contribution is -2.17. The molecule has 0 saturated heterocycles. The molecule has 0 atom stereocenters. The van der Waals surface area contributed by atoms with Crippen LogP contribution in [0.5, 0.6) is 0 Å². The van der Waals surface area contributed by atoms with Crippen molar-refractivity contribution in [3.63, 3.8) is 0 Å². The third-order valence-corrected chi connectivity index (χ3v) is 0.485. The van der Waals surface area contributed by atoms with Gasteiger partial charge in [-0.2, -0.15) is 0 Å². The Morgan fingerprint density at radius 2 is 1.69 bits per heavy atom. The summed E-state index contributed by atoms with van der Waals surface area (Å²) >= 11 is 0. The highest BCUT2D eigenvalue weighted by molar-refractivity contribution is 6.30. The fourth-order valence-corrected chi connectivity index (χ4v) is 0.193. The van der Waals surface area contributed by atoms with Gasteiger partial charge in [0.25, 0.3) is 0 Å². The number of rotatable bonds is 2. The van der Waals surface area contributed by atoms with Crippen LogP contribution >= 0.6 is 0 Å². The zero-order chi connectivity index (χ0) is 10.9. The number of hydrogen-bond acceptors (Lipinski definition) is 6. The summed E-state index contributed by atoms with van der Waals surface area (Å²) in [5.41, 5.74) is 0. The average Bonchev–Trinajstić information content (AvgIpc) is 1.98. The first kappa shape index (κ1) is 14.3. The molecule has 13 heavy (non-hydrogen) atoms. The van der Waals surface area contributed by atoms with Gasteiger partial charge in [0.1, 0.15) is 13.3 Å². The number of carbonyl (C=O) groups is 2. The van der Waals surface area contributed by atoms with Crippen LogP contribution < -0.4 is 0 Å². The van der Waals surface area contributed by atoms with E-state index >= 15 is 0 Å². The van der Waals surface area contributed by atoms with Gasteiger partial charge in [0, 0.05) is 0 Å². The van der Waals surface area contributed by atoms with Gasteiger partial charge in [-0.05, 0) is 0 Å². The second-order valence-electron chi connectivity index (χ2n) is 1.48. The minimum absolute atomic E-state index is 0.495. The van der Waals surface area contributed by atoms with Gasteiger partial charge in [-0.3, -0.25) is 0 Å². The summed E-state index contributed by atoms with van der Waals surface area (Å²) in [4.78, 5) is 19.5. The molecule has 0 aliphatic carbocycles. The third-order valence-electron chi connectivity index (χ3n) is 0.485. The van der Waals surface area contributed by atoms with Crippen LogP contribution in [0.2, 0.25) is 0 Å². The van der Waals surface area contributed by atoms with Crippen LogP contribution in [0.3, 0.4) is 0 Å². The van der Waals surface area contributed by atoms with E-state index < -0.39 is 32.5 Å². The normalized spacial score (nSPS) is 8.00. The van der Waals surface area contributed by atoms with Crippen LogP contribution in [0.1, 0.15) is 0 Å². The van der Waals surface area contributed by atoms with Crippen molar-refractivity contribution in [1.82, 2.24) is 0 Å². The maximum absolute atomic E-state index is 11.1. The third kappa shape index (κ3) is 18.1. The Hall–Kier alpha value is -1.19. The Bertz CT molecular complexity index is 158. The SMILES string of the molecule is O=C(O)C(=O)OCCF.OB(O)O. The fraction of sp³-hybridized carbons (Fsp3) is 0.500. The predicted molar refractivity (Wildman–Crippen MR) is 37.0 cm³/mol. The zero-order valence-corrected chi connectivity index (χ0v) is 6.38. The summed E-state index contributed by atoms with van der Waals surface area (Å²) in [6, 6.07) is 0. The molecule has 0 aromatic carbocycles. The van der Waals surface area contributed by atoms with Gasteiger partial charge in [0.15, 0.2) is 0 Å². The van der Waals surface area contributed by atoms with Crippen LogP contribution in [0.25, 0.3) is 0 Å². The second kappa shape index (κ2) is 8.91. The van der Waals surface area contributed by atoms with E-state index in [1.54, 1.807) is 0 Å². The number of carboxylic acids is 1. The van der Waals surface area contributed by atoms with Crippen molar-refractivity contribution in [2.75, 3.05) is 13.3 Å². The molecule has 9 heteroatoms. The van der Waals surface area contributed by atoms with E-state index in [0.717, 1.165) is 0 Å². The molecule has 0 amide bonds. The molecule has 7 nitrogen and oxygen atoms in total. The molecule has 0 unspecified atom stereocenters. The van der Waals surface area contributed by atoms with Gasteiger partial charge in [-0.15, -0.1) is 0 Å². The van der Waals surface area contributed by atoms with Crippen LogP contribution in [-0.4, -0.2) is 52.7 Å². The number of carbonyl (C=O) groups excluding carboxylic acids is 1. The Labute approximate surface area is 72.5 Å². The lowest BCUT2D eigenvalue weighted by molar-refractivity contribution is -0.164. The molecule has 0 rings (SSSR count). The summed E-state index contributed by atoms with van der Waals surface area (Å²) < 4.78 is 15.0. The fourth-order valence-electron chi connectivity index (χ4n) is 0.193. The number of alkyl halides is 1. The summed E-state index contributed by atoms with van der Waals surface area (Å²) in [6.07, 6.45) is 0. The topological polar surface area (TPSA) is 124 Å². The Morgan fingerprint density at radius 3 is 1.92 bits per heavy atom. The van der Waals surface area contributed by atoms with Gasteiger partial charge >= 0.3 is 19.3 Å². The van der Waals surface area contributed by atoms with Crippen LogP contribution in [0.15, 0.2) is 0 Å². The van der Waals surface area contributed by atoms with Crippen molar-refractivity contribution in [1.29, 1.82) is 0 Å². The number of aliphatic carboxylic acids is 1. The number of carboxylic acid groups (broad SMARTS) is 1. The van der Waals surface area contributed by atoms with E-state index in [1.807, 2.05) is 0 Å². The van der Waals surface area contributed by atoms with E-state index in [1.165, 1.54) is 0 Å². The summed E-state index contributed by atoms with van der Waals surface area (Å²) in [7, 11) is -2.17. The minimum atomic E-state index is -2.17. The Balaban J connectivity index is 0. The van der Waals surface area contributed by atoms with E-state index in [9.17, 15) is 14.0 Å². The molecule has 0 aromatic heterocycles. The molecule has 0 fully saturated rings. The van der Waals surface area contributed by atoms with Crippen molar-refractivity contribution >= 4 is 19.3 Å². The monoisotopic (exact) mass is 198 g/mol. The molecular formula is C4H8BFO7. The largest absolute Gasteiger partial charge is 0.631 e. The summed E-state index contributed by atoms with van der Waals surface area (Å²) in [5.74, 6) is -3.13. The van der Waals surface area contributed by atoms with Crippen molar-refractivity contribution in [2.45, 2.75) is 0 Å². The maximum Gasteiger partial charge on any atom is 0.631 e. The Morgan fingerprint density at radius 1 is 1.31 bits per heavy atom. The maximum atomic E-state index is 11.1. The molecule has 0 heterocycles. The van der Waals surface area contributed by atoms with Gasteiger partial charge < -0.3 is 24.9 Å². The van der Waals surface area contributed by atoms with Crippen molar-refractivity contribution in [3.8, 4) is 0 Å². The molecular weight excluding hydrogens is 190 g/mol. The smallest absolute Gasteiger partial charge is 0.473 e. The van der Waals surface area contributed by atoms with Gasteiger partial charge in [-0.25, -0.2) is 14.0 Å². The molecule has 0 radical (unpaired) electrons. The highest BCUT2D eigenvalue weighted by atomic mass is 19.1. The molecule has 0 aliphatic rings. The quantitative estimate of drug-likeness (QED) is 0.220. The molecule has 0 saturated carbocycles. The molecule has 0 aromatic rings. The zero-order valence-electron chi connectivity index (χ0n) is 6.38. The van der Waals surface area contributed by atoms with E-state index in [0.29, 0.717) is 0 Å². The van der Waals surface area contributed by atoms with Crippen molar-refractivity contribution in [2.24, 2.45) is 0 Å². The lowest BCUT2D eigenvalue weighted by Gasteiger charge is -1.93. The van der Waals surface area contributed by atoms with Crippen molar-refractivity contribution in [3.05, 3.63) is 0 Å². The highest BCUT2D eigenvalue weighted by Gasteiger charge is 2.11. The van der Waals surface area contributed by atoms with E-state index in [4.69, 9.17) is 20.2 Å². The lowest BCUT2D eigenvalue weighted by atomic mass is 10.3. The first-order chi connectivity index (χ1) is 5.91. The van der Waals surface area contributed by atoms with Crippen molar-refractivity contribution < 1.29 is 38.9 Å². The highest BCUT2D eigenvalue weighted by Crippen LogP contribution is 1.78. The Kier molecular flexibility index (Phi) is 9.83. The molecule has 0 bridgehead atoms. The summed E-state index contributed by atoms with van der Waals surface area (Å²) in [6.45, 7) is -1.36. The number of halogens is 1. The molecule has 0 spiro atoms. The molecule has 4 N–H and O–H groups in total. The van der Waals surface area contributed by atoms with Crippen LogP contribution in [0, 0.1) is 0 Å². The second-order valence-corrected chi connectivity index (χ2v) is 1.48. The van der Waals surface area contributed by atoms with Crippen LogP contribution in [0.4, 0.5) is 4.39 Å². The first-order valence-corrected chi connectivity index (χ1v) is 2.92. The molecule has 0 aliphatic heterocycles. The number of esters is 1. The minimum Gasteiger partial charge on any atom is -0.473 e. The average molecular weight is 198 g/mol.